The van der Waals surface area contributed by atoms with Gasteiger partial charge in [0.1, 0.15) is 11.6 Å². The van der Waals surface area contributed by atoms with Crippen molar-refractivity contribution in [2.24, 2.45) is 5.41 Å². The molecule has 0 radical (unpaired) electrons. The van der Waals surface area contributed by atoms with Crippen LogP contribution >= 0.6 is 0 Å². The molecule has 11 heteroatoms. The Morgan fingerprint density at radius 3 is 1.71 bits per heavy atom. The molecule has 48 heavy (non-hydrogen) atoms. The van der Waals surface area contributed by atoms with E-state index in [4.69, 9.17) is 9.57 Å². The molecule has 0 aromatic rings. The van der Waals surface area contributed by atoms with E-state index in [9.17, 15) is 28.8 Å². The largest absolute Gasteiger partial charge is 0.458 e. The molecule has 1 aliphatic rings. The lowest BCUT2D eigenvalue weighted by molar-refractivity contribution is -0.197. The van der Waals surface area contributed by atoms with Gasteiger partial charge in [0.15, 0.2) is 0 Å². The molecular formula is C37H65N3O8. The van der Waals surface area contributed by atoms with Gasteiger partial charge in [-0.1, -0.05) is 91.4 Å². The summed E-state index contributed by atoms with van der Waals surface area (Å²) in [5, 5.41) is 6.02. The van der Waals surface area contributed by atoms with Crippen LogP contribution in [0.3, 0.4) is 0 Å². The van der Waals surface area contributed by atoms with Gasteiger partial charge in [0.2, 0.25) is 11.8 Å². The number of ether oxygens (including phenoxy) is 1. The zero-order chi connectivity index (χ0) is 36.0. The lowest BCUT2D eigenvalue weighted by Crippen LogP contribution is -2.44. The zero-order valence-corrected chi connectivity index (χ0v) is 30.8. The number of imide groups is 1. The van der Waals surface area contributed by atoms with Gasteiger partial charge in [0.25, 0.3) is 11.8 Å². The molecule has 1 rings (SSSR count). The number of esters is 1. The Kier molecular flexibility index (Phi) is 21.0. The minimum Gasteiger partial charge on any atom is -0.458 e. The standard InChI is InChI=1S/C37H65N3O8/c1-36(2,3)27-19-16-14-12-10-8-7-9-11-13-15-17-22-31(42)39-29(35(46)47-37(4,5)6)21-18-20-28-38-30(41)23-26-34(45)48-40-32(43)24-25-33(40)44/h29H,7-28H2,1-6H3,(H,38,41)(H,39,42)/t29-/m0/s1. The molecule has 0 bridgehead atoms. The first kappa shape index (κ1) is 43.0. The number of nitrogens with zero attached hydrogens (tertiary/aromatic N) is 1. The van der Waals surface area contributed by atoms with Gasteiger partial charge in [-0.2, -0.15) is 0 Å². The van der Waals surface area contributed by atoms with Crippen LogP contribution in [0.2, 0.25) is 0 Å². The normalized spacial score (nSPS) is 14.2. The van der Waals surface area contributed by atoms with Crippen LogP contribution in [0.5, 0.6) is 0 Å². The Balaban J connectivity index is 2.21. The average Bonchev–Trinajstić information content (AvgIpc) is 3.30. The first-order valence-electron chi connectivity index (χ1n) is 18.4. The summed E-state index contributed by atoms with van der Waals surface area (Å²) in [7, 11) is 0. The summed E-state index contributed by atoms with van der Waals surface area (Å²) in [6, 6.07) is -0.767. The topological polar surface area (TPSA) is 148 Å². The van der Waals surface area contributed by atoms with E-state index in [0.717, 1.165) is 19.3 Å². The number of amides is 4. The second-order valence-corrected chi connectivity index (χ2v) is 15.3. The molecule has 2 N–H and O–H groups in total. The lowest BCUT2D eigenvalue weighted by Gasteiger charge is -2.24. The summed E-state index contributed by atoms with van der Waals surface area (Å²) < 4.78 is 5.53. The van der Waals surface area contributed by atoms with Crippen molar-refractivity contribution in [1.82, 2.24) is 15.7 Å². The highest BCUT2D eigenvalue weighted by Crippen LogP contribution is 2.23. The van der Waals surface area contributed by atoms with Crippen LogP contribution in [0, 0.1) is 5.41 Å². The molecule has 11 nitrogen and oxygen atoms in total. The van der Waals surface area contributed by atoms with Crippen LogP contribution in [-0.4, -0.2) is 58.8 Å². The van der Waals surface area contributed by atoms with Crippen molar-refractivity contribution in [3.8, 4) is 0 Å². The van der Waals surface area contributed by atoms with E-state index in [-0.39, 0.29) is 37.5 Å². The molecule has 1 fully saturated rings. The molecule has 0 spiro atoms. The predicted molar refractivity (Wildman–Crippen MR) is 185 cm³/mol. The van der Waals surface area contributed by atoms with Gasteiger partial charge < -0.3 is 20.2 Å². The maximum Gasteiger partial charge on any atom is 0.333 e. The molecule has 0 aromatic carbocycles. The number of hydrogen-bond acceptors (Lipinski definition) is 8. The highest BCUT2D eigenvalue weighted by molar-refractivity contribution is 6.01. The number of carbonyl (C=O) groups excluding carboxylic acids is 6. The van der Waals surface area contributed by atoms with Crippen LogP contribution in [0.15, 0.2) is 0 Å². The van der Waals surface area contributed by atoms with Gasteiger partial charge in [-0.15, -0.1) is 5.06 Å². The fraction of sp³-hybridized carbons (Fsp3) is 0.838. The molecule has 1 saturated heterocycles. The highest BCUT2D eigenvalue weighted by atomic mass is 16.7. The monoisotopic (exact) mass is 679 g/mol. The van der Waals surface area contributed by atoms with Gasteiger partial charge in [-0.25, -0.2) is 9.59 Å². The molecule has 1 atom stereocenters. The van der Waals surface area contributed by atoms with Crippen molar-refractivity contribution < 1.29 is 38.3 Å². The van der Waals surface area contributed by atoms with E-state index in [1.165, 1.54) is 64.2 Å². The van der Waals surface area contributed by atoms with Gasteiger partial charge in [-0.05, 0) is 58.3 Å². The number of unbranched alkanes of at least 4 members (excludes halogenated alkanes) is 12. The highest BCUT2D eigenvalue weighted by Gasteiger charge is 2.33. The molecular weight excluding hydrogens is 614 g/mol. The third kappa shape index (κ3) is 22.6. The first-order chi connectivity index (χ1) is 22.6. The number of hydrogen-bond donors (Lipinski definition) is 2. The summed E-state index contributed by atoms with van der Waals surface area (Å²) in [6.45, 7) is 12.6. The number of hydroxylamine groups is 2. The van der Waals surface area contributed by atoms with Crippen molar-refractivity contribution >= 4 is 35.6 Å². The fourth-order valence-electron chi connectivity index (χ4n) is 5.41. The van der Waals surface area contributed by atoms with Gasteiger partial charge >= 0.3 is 11.9 Å². The van der Waals surface area contributed by atoms with E-state index in [1.54, 1.807) is 20.8 Å². The maximum absolute atomic E-state index is 12.8. The second-order valence-electron chi connectivity index (χ2n) is 15.3. The Morgan fingerprint density at radius 2 is 1.19 bits per heavy atom. The summed E-state index contributed by atoms with van der Waals surface area (Å²) in [5.41, 5.74) is -0.234. The second kappa shape index (κ2) is 23.4. The molecule has 1 heterocycles. The van der Waals surface area contributed by atoms with Crippen molar-refractivity contribution in [3.63, 3.8) is 0 Å². The minimum absolute atomic E-state index is 0.00382. The molecule has 4 amide bonds. The first-order valence-corrected chi connectivity index (χ1v) is 18.4. The average molecular weight is 680 g/mol. The van der Waals surface area contributed by atoms with Crippen molar-refractivity contribution in [2.45, 2.75) is 188 Å². The Bertz CT molecular complexity index is 999. The molecule has 276 valence electrons. The van der Waals surface area contributed by atoms with Crippen molar-refractivity contribution in [2.75, 3.05) is 6.54 Å². The van der Waals surface area contributed by atoms with E-state index >= 15 is 0 Å². The van der Waals surface area contributed by atoms with Crippen LogP contribution in [0.4, 0.5) is 0 Å². The zero-order valence-electron chi connectivity index (χ0n) is 30.8. The van der Waals surface area contributed by atoms with E-state index < -0.39 is 35.4 Å². The predicted octanol–water partition coefficient (Wildman–Crippen LogP) is 6.99. The summed E-state index contributed by atoms with van der Waals surface area (Å²) >= 11 is 0. The van der Waals surface area contributed by atoms with E-state index in [2.05, 4.69) is 31.4 Å². The van der Waals surface area contributed by atoms with Gasteiger partial charge in [-0.3, -0.25) is 19.2 Å². The molecule has 1 aliphatic heterocycles. The summed E-state index contributed by atoms with van der Waals surface area (Å²) in [6.07, 6.45) is 17.4. The lowest BCUT2D eigenvalue weighted by atomic mass is 9.89. The van der Waals surface area contributed by atoms with E-state index in [0.29, 0.717) is 42.7 Å². The van der Waals surface area contributed by atoms with Crippen LogP contribution in [0.25, 0.3) is 0 Å². The number of rotatable bonds is 25. The summed E-state index contributed by atoms with van der Waals surface area (Å²) in [4.78, 5) is 77.3. The Hall–Kier alpha value is -2.98. The Labute approximate surface area is 289 Å². The molecule has 0 saturated carbocycles. The third-order valence-corrected chi connectivity index (χ3v) is 8.10. The quantitative estimate of drug-likeness (QED) is 0.0596. The van der Waals surface area contributed by atoms with Crippen LogP contribution in [0.1, 0.15) is 176 Å². The molecule has 0 unspecified atom stereocenters. The van der Waals surface area contributed by atoms with Crippen molar-refractivity contribution in [3.05, 3.63) is 0 Å². The molecule has 0 aromatic heterocycles. The third-order valence-electron chi connectivity index (χ3n) is 8.10. The van der Waals surface area contributed by atoms with Gasteiger partial charge in [0, 0.05) is 32.2 Å². The van der Waals surface area contributed by atoms with Crippen LogP contribution in [-0.2, 0) is 38.3 Å². The van der Waals surface area contributed by atoms with Crippen LogP contribution < -0.4 is 10.6 Å². The van der Waals surface area contributed by atoms with E-state index in [1.807, 2.05) is 0 Å². The smallest absolute Gasteiger partial charge is 0.333 e. The SMILES string of the molecule is CC(C)(C)CCCCCCCCCCCCCCC(=O)N[C@@H](CCCCNC(=O)CCC(=O)ON1C(=O)CCC1=O)C(=O)OC(C)(C)C. The van der Waals surface area contributed by atoms with Gasteiger partial charge in [0.05, 0.1) is 6.42 Å². The summed E-state index contributed by atoms with van der Waals surface area (Å²) in [5.74, 6) is -2.98. The van der Waals surface area contributed by atoms with Crippen molar-refractivity contribution in [1.29, 1.82) is 0 Å². The molecule has 0 aliphatic carbocycles. The number of nitrogens with one attached hydrogen (secondary N) is 2. The number of carbonyl (C=O) groups is 6. The maximum atomic E-state index is 12.8. The Morgan fingerprint density at radius 1 is 0.667 bits per heavy atom. The minimum atomic E-state index is -0.830. The fourth-order valence-corrected chi connectivity index (χ4v) is 5.41.